The van der Waals surface area contributed by atoms with Crippen LogP contribution >= 0.6 is 12.4 Å². The van der Waals surface area contributed by atoms with Gasteiger partial charge in [-0.25, -0.2) is 0 Å². The van der Waals surface area contributed by atoms with Gasteiger partial charge in [-0.1, -0.05) is 12.1 Å². The molecule has 2 aromatic rings. The van der Waals surface area contributed by atoms with Crippen molar-refractivity contribution < 1.29 is 4.74 Å². The van der Waals surface area contributed by atoms with Crippen LogP contribution in [0, 0.1) is 6.92 Å². The number of hydrogen-bond acceptors (Lipinski definition) is 3. The molecule has 0 spiro atoms. The quantitative estimate of drug-likeness (QED) is 0.876. The summed E-state index contributed by atoms with van der Waals surface area (Å²) in [6.45, 7) is 2.94. The van der Waals surface area contributed by atoms with Crippen LogP contribution < -0.4 is 10.1 Å². The first-order valence-corrected chi connectivity index (χ1v) is 5.70. The van der Waals surface area contributed by atoms with Gasteiger partial charge in [0.05, 0.1) is 25.0 Å². The number of halogens is 1. The Labute approximate surface area is 112 Å². The number of methoxy groups -OCH3 is 1. The van der Waals surface area contributed by atoms with E-state index in [9.17, 15) is 0 Å². The number of rotatable bonds is 2. The van der Waals surface area contributed by atoms with Crippen molar-refractivity contribution in [2.45, 2.75) is 19.5 Å². The highest BCUT2D eigenvalue weighted by Gasteiger charge is 2.26. The lowest BCUT2D eigenvalue weighted by molar-refractivity contribution is 0.410. The minimum Gasteiger partial charge on any atom is -0.496 e. The number of aromatic amines is 1. The molecule has 0 aliphatic carbocycles. The molecule has 18 heavy (non-hydrogen) atoms. The molecule has 1 aliphatic heterocycles. The number of nitrogens with one attached hydrogen (secondary N) is 2. The third kappa shape index (κ3) is 1.87. The summed E-state index contributed by atoms with van der Waals surface area (Å²) in [5.74, 6) is 0.932. The topological polar surface area (TPSA) is 49.9 Å². The minimum absolute atomic E-state index is 0. The maximum Gasteiger partial charge on any atom is 0.122 e. The van der Waals surface area contributed by atoms with Gasteiger partial charge in [0.1, 0.15) is 5.75 Å². The van der Waals surface area contributed by atoms with E-state index in [0.29, 0.717) is 0 Å². The van der Waals surface area contributed by atoms with E-state index in [1.54, 1.807) is 7.11 Å². The summed E-state index contributed by atoms with van der Waals surface area (Å²) in [5, 5.41) is 10.6. The monoisotopic (exact) mass is 265 g/mol. The van der Waals surface area contributed by atoms with Gasteiger partial charge in [-0.3, -0.25) is 5.10 Å². The van der Waals surface area contributed by atoms with Crippen LogP contribution in [0.3, 0.4) is 0 Å². The number of benzene rings is 1. The van der Waals surface area contributed by atoms with E-state index in [4.69, 9.17) is 4.74 Å². The molecule has 1 aromatic carbocycles. The lowest BCUT2D eigenvalue weighted by Gasteiger charge is -2.16. The fourth-order valence-corrected chi connectivity index (χ4v) is 2.47. The Morgan fingerprint density at radius 1 is 1.33 bits per heavy atom. The maximum absolute atomic E-state index is 5.36. The van der Waals surface area contributed by atoms with Crippen molar-refractivity contribution in [2.75, 3.05) is 7.11 Å². The highest BCUT2D eigenvalue weighted by molar-refractivity contribution is 5.85. The SMILES string of the molecule is COc1cccc([C@H]2NCc3[nH]ncc32)c1C.Cl. The molecule has 4 nitrogen and oxygen atoms in total. The normalized spacial score (nSPS) is 17.1. The third-order valence-corrected chi connectivity index (χ3v) is 3.40. The van der Waals surface area contributed by atoms with E-state index < -0.39 is 0 Å². The van der Waals surface area contributed by atoms with Crippen molar-refractivity contribution in [2.24, 2.45) is 0 Å². The molecule has 0 bridgehead atoms. The zero-order valence-electron chi connectivity index (χ0n) is 10.4. The fourth-order valence-electron chi connectivity index (χ4n) is 2.47. The zero-order valence-corrected chi connectivity index (χ0v) is 11.2. The predicted molar refractivity (Wildman–Crippen MR) is 72.2 cm³/mol. The van der Waals surface area contributed by atoms with E-state index in [2.05, 4.69) is 28.5 Å². The van der Waals surface area contributed by atoms with Crippen molar-refractivity contribution in [1.29, 1.82) is 0 Å². The number of hydrogen-bond donors (Lipinski definition) is 2. The Morgan fingerprint density at radius 3 is 2.94 bits per heavy atom. The van der Waals surface area contributed by atoms with Gasteiger partial charge in [-0.05, 0) is 24.1 Å². The molecule has 2 N–H and O–H groups in total. The minimum atomic E-state index is 0. The fraction of sp³-hybridized carbons (Fsp3) is 0.308. The summed E-state index contributed by atoms with van der Waals surface area (Å²) in [5.41, 5.74) is 4.85. The van der Waals surface area contributed by atoms with Crippen molar-refractivity contribution in [3.8, 4) is 5.75 Å². The Hall–Kier alpha value is -1.52. The van der Waals surface area contributed by atoms with Gasteiger partial charge in [0.25, 0.3) is 0 Å². The van der Waals surface area contributed by atoms with Crippen LogP contribution in [0.15, 0.2) is 24.4 Å². The molecule has 0 saturated heterocycles. The summed E-state index contributed by atoms with van der Waals surface area (Å²) in [6, 6.07) is 6.38. The van der Waals surface area contributed by atoms with E-state index in [0.717, 1.165) is 12.3 Å². The summed E-state index contributed by atoms with van der Waals surface area (Å²) < 4.78 is 5.36. The highest BCUT2D eigenvalue weighted by atomic mass is 35.5. The van der Waals surface area contributed by atoms with E-state index >= 15 is 0 Å². The van der Waals surface area contributed by atoms with Crippen LogP contribution in [0.1, 0.15) is 28.4 Å². The predicted octanol–water partition coefficient (Wildman–Crippen LogP) is 2.34. The molecule has 5 heteroatoms. The molecule has 1 aromatic heterocycles. The summed E-state index contributed by atoms with van der Waals surface area (Å²) in [4.78, 5) is 0. The number of H-pyrrole nitrogens is 1. The summed E-state index contributed by atoms with van der Waals surface area (Å²) in [7, 11) is 1.71. The molecule has 96 valence electrons. The lowest BCUT2D eigenvalue weighted by atomic mass is 9.97. The number of fused-ring (bicyclic) bond motifs is 1. The number of nitrogens with zero attached hydrogens (tertiary/aromatic N) is 1. The van der Waals surface area contributed by atoms with Gasteiger partial charge in [-0.2, -0.15) is 5.10 Å². The Morgan fingerprint density at radius 2 is 2.17 bits per heavy atom. The second-order valence-electron chi connectivity index (χ2n) is 4.29. The molecular formula is C13H16ClN3O. The second kappa shape index (κ2) is 5.00. The smallest absolute Gasteiger partial charge is 0.122 e. The van der Waals surface area contributed by atoms with Crippen LogP contribution in [0.5, 0.6) is 5.75 Å². The van der Waals surface area contributed by atoms with E-state index in [-0.39, 0.29) is 18.4 Å². The van der Waals surface area contributed by atoms with Crippen molar-refractivity contribution in [3.05, 3.63) is 46.8 Å². The first-order chi connectivity index (χ1) is 8.31. The molecule has 2 heterocycles. The molecule has 0 amide bonds. The largest absolute Gasteiger partial charge is 0.496 e. The molecule has 0 unspecified atom stereocenters. The van der Waals surface area contributed by atoms with Crippen LogP contribution in [0.2, 0.25) is 0 Å². The average molecular weight is 266 g/mol. The average Bonchev–Trinajstić information content (AvgIpc) is 2.92. The Bertz CT molecular complexity index is 553. The zero-order chi connectivity index (χ0) is 11.8. The highest BCUT2D eigenvalue weighted by Crippen LogP contribution is 2.34. The van der Waals surface area contributed by atoms with Gasteiger partial charge in [0.2, 0.25) is 0 Å². The molecule has 1 aliphatic rings. The Balaban J connectivity index is 0.00000120. The second-order valence-corrected chi connectivity index (χ2v) is 4.29. The Kier molecular flexibility index (Phi) is 3.59. The van der Waals surface area contributed by atoms with Gasteiger partial charge in [0.15, 0.2) is 0 Å². The van der Waals surface area contributed by atoms with Crippen molar-refractivity contribution >= 4 is 12.4 Å². The molecule has 0 radical (unpaired) electrons. The molecule has 3 rings (SSSR count). The third-order valence-electron chi connectivity index (χ3n) is 3.40. The van der Waals surface area contributed by atoms with Crippen molar-refractivity contribution in [3.63, 3.8) is 0 Å². The first-order valence-electron chi connectivity index (χ1n) is 5.70. The van der Waals surface area contributed by atoms with Crippen LogP contribution in [0.4, 0.5) is 0 Å². The molecule has 0 saturated carbocycles. The number of ether oxygens (including phenoxy) is 1. The standard InChI is InChI=1S/C13H15N3O.ClH/c1-8-9(4-3-5-12(8)17-2)13-10-6-15-16-11(10)7-14-13;/h3-6,13-14H,7H2,1-2H3,(H,15,16);1H/t13-;/m1./s1. The lowest BCUT2D eigenvalue weighted by Crippen LogP contribution is -2.15. The van der Waals surface area contributed by atoms with Crippen LogP contribution in [-0.2, 0) is 6.54 Å². The number of aromatic nitrogens is 2. The molecular weight excluding hydrogens is 250 g/mol. The van der Waals surface area contributed by atoms with E-state index in [1.165, 1.54) is 22.4 Å². The van der Waals surface area contributed by atoms with Crippen LogP contribution in [0.25, 0.3) is 0 Å². The molecule has 0 fully saturated rings. The van der Waals surface area contributed by atoms with E-state index in [1.807, 2.05) is 18.3 Å². The van der Waals surface area contributed by atoms with Crippen molar-refractivity contribution in [1.82, 2.24) is 15.5 Å². The van der Waals surface area contributed by atoms with Gasteiger partial charge in [0, 0.05) is 12.1 Å². The molecule has 1 atom stereocenters. The first kappa shape index (κ1) is 12.9. The summed E-state index contributed by atoms with van der Waals surface area (Å²) >= 11 is 0. The van der Waals surface area contributed by atoms with Gasteiger partial charge in [-0.15, -0.1) is 12.4 Å². The maximum atomic E-state index is 5.36. The van der Waals surface area contributed by atoms with Gasteiger partial charge >= 0.3 is 0 Å². The van der Waals surface area contributed by atoms with Gasteiger partial charge < -0.3 is 10.1 Å². The summed E-state index contributed by atoms with van der Waals surface area (Å²) in [6.07, 6.45) is 1.90. The van der Waals surface area contributed by atoms with Crippen LogP contribution in [-0.4, -0.2) is 17.3 Å².